The lowest BCUT2D eigenvalue weighted by Gasteiger charge is -2.22. The summed E-state index contributed by atoms with van der Waals surface area (Å²) >= 11 is 0. The van der Waals surface area contributed by atoms with Gasteiger partial charge in [0.05, 0.1) is 27.7 Å². The second-order valence-corrected chi connectivity index (χ2v) is 11.1. The number of aromatic nitrogens is 3. The van der Waals surface area contributed by atoms with E-state index in [-0.39, 0.29) is 17.3 Å². The average molecular weight is 433 g/mol. The molecule has 9 heteroatoms. The summed E-state index contributed by atoms with van der Waals surface area (Å²) in [7, 11) is -3.72. The highest BCUT2D eigenvalue weighted by Gasteiger charge is 2.34. The molecule has 3 aromatic rings. The number of pyridine rings is 1. The van der Waals surface area contributed by atoms with E-state index in [0.29, 0.717) is 16.6 Å². The number of rotatable bonds is 6. The summed E-state index contributed by atoms with van der Waals surface area (Å²) in [4.78, 5) is 4.45. The molecule has 0 radical (unpaired) electrons. The van der Waals surface area contributed by atoms with Gasteiger partial charge in [-0.3, -0.25) is 10.1 Å². The smallest absolute Gasteiger partial charge is 0.186 e. The predicted molar refractivity (Wildman–Crippen MR) is 117 cm³/mol. The fourth-order valence-electron chi connectivity index (χ4n) is 2.87. The van der Waals surface area contributed by atoms with Crippen molar-refractivity contribution in [3.05, 3.63) is 35.7 Å². The normalized spacial score (nSPS) is 13.4. The fraction of sp³-hybridized carbons (Fsp3) is 0.429. The first kappa shape index (κ1) is 22.0. The second kappa shape index (κ2) is 7.88. The van der Waals surface area contributed by atoms with Crippen molar-refractivity contribution in [2.45, 2.75) is 57.3 Å². The van der Waals surface area contributed by atoms with E-state index in [2.05, 4.69) is 20.5 Å². The fourth-order valence-corrected chi connectivity index (χ4v) is 4.19. The number of benzene rings is 1. The molecule has 0 aliphatic carbocycles. The van der Waals surface area contributed by atoms with Gasteiger partial charge in [-0.25, -0.2) is 8.42 Å². The lowest BCUT2D eigenvalue weighted by atomic mass is 10.1. The number of nitrogens with one attached hydrogen (secondary N) is 2. The molecule has 8 nitrogen and oxygen atoms in total. The highest BCUT2D eigenvalue weighted by Crippen LogP contribution is 2.37. The van der Waals surface area contributed by atoms with Crippen LogP contribution in [0.4, 0.5) is 11.5 Å². The topological polar surface area (TPSA) is 117 Å². The van der Waals surface area contributed by atoms with E-state index < -0.39 is 20.7 Å². The van der Waals surface area contributed by atoms with Crippen molar-refractivity contribution in [1.29, 1.82) is 0 Å². The zero-order valence-electron chi connectivity index (χ0n) is 18.1. The number of H-pyrrole nitrogens is 1. The highest BCUT2D eigenvalue weighted by atomic mass is 32.2. The lowest BCUT2D eigenvalue weighted by Crippen LogP contribution is -2.28. The lowest BCUT2D eigenvalue weighted by molar-refractivity contribution is 0.121. The summed E-state index contributed by atoms with van der Waals surface area (Å²) in [6.07, 6.45) is 0.901. The Morgan fingerprint density at radius 3 is 2.53 bits per heavy atom. The van der Waals surface area contributed by atoms with E-state index in [4.69, 9.17) is 4.74 Å². The number of hydrogen-bond donors (Lipinski definition) is 3. The summed E-state index contributed by atoms with van der Waals surface area (Å²) in [6, 6.07) is 4.97. The maximum absolute atomic E-state index is 13.3. The van der Waals surface area contributed by atoms with Crippen LogP contribution in [-0.4, -0.2) is 46.2 Å². The maximum Gasteiger partial charge on any atom is 0.186 e. The number of fused-ring (bicyclic) bond motifs is 1. The SMILES string of the molecule is Cc1n[nH]c(Nc2ccnc3cc(OC[C@H](C)O)c(S(=O)(=O)C(C)(C)C)cc23)c1C. The van der Waals surface area contributed by atoms with Crippen molar-refractivity contribution < 1.29 is 18.3 Å². The number of aliphatic hydroxyl groups is 1. The van der Waals surface area contributed by atoms with Crippen LogP contribution in [0.5, 0.6) is 5.75 Å². The Kier molecular flexibility index (Phi) is 5.79. The molecule has 0 amide bonds. The first-order valence-electron chi connectivity index (χ1n) is 9.68. The molecular formula is C21H28N4O4S. The Morgan fingerprint density at radius 2 is 1.97 bits per heavy atom. The summed E-state index contributed by atoms with van der Waals surface area (Å²) < 4.78 is 31.2. The Morgan fingerprint density at radius 1 is 1.27 bits per heavy atom. The molecule has 0 fully saturated rings. The molecule has 1 atom stereocenters. The number of aromatic amines is 1. The molecule has 30 heavy (non-hydrogen) atoms. The van der Waals surface area contributed by atoms with Gasteiger partial charge in [-0.2, -0.15) is 5.10 Å². The van der Waals surface area contributed by atoms with Crippen LogP contribution in [0.3, 0.4) is 0 Å². The molecule has 0 unspecified atom stereocenters. The van der Waals surface area contributed by atoms with Crippen molar-refractivity contribution in [2.24, 2.45) is 0 Å². The number of anilines is 2. The molecule has 2 aromatic heterocycles. The second-order valence-electron chi connectivity index (χ2n) is 8.38. The molecule has 0 spiro atoms. The molecule has 162 valence electrons. The Hall–Kier alpha value is -2.65. The predicted octanol–water partition coefficient (Wildman–Crippen LogP) is 3.65. The van der Waals surface area contributed by atoms with Gasteiger partial charge in [0.1, 0.15) is 23.1 Å². The minimum atomic E-state index is -3.72. The Labute approximate surface area is 176 Å². The molecule has 3 rings (SSSR count). The van der Waals surface area contributed by atoms with Crippen molar-refractivity contribution in [2.75, 3.05) is 11.9 Å². The summed E-state index contributed by atoms with van der Waals surface area (Å²) in [5.41, 5.74) is 3.11. The van der Waals surface area contributed by atoms with Gasteiger partial charge >= 0.3 is 0 Å². The van der Waals surface area contributed by atoms with Crippen LogP contribution < -0.4 is 10.1 Å². The van der Waals surface area contributed by atoms with Gasteiger partial charge in [-0.05, 0) is 53.7 Å². The van der Waals surface area contributed by atoms with Crippen LogP contribution in [-0.2, 0) is 9.84 Å². The average Bonchev–Trinajstić information content (AvgIpc) is 2.97. The molecule has 0 saturated heterocycles. The maximum atomic E-state index is 13.3. The Bertz CT molecular complexity index is 1180. The van der Waals surface area contributed by atoms with E-state index in [1.807, 2.05) is 13.8 Å². The number of hydrogen-bond acceptors (Lipinski definition) is 7. The van der Waals surface area contributed by atoms with Gasteiger partial charge in [0.25, 0.3) is 0 Å². The van der Waals surface area contributed by atoms with Crippen LogP contribution in [0.15, 0.2) is 29.3 Å². The van der Waals surface area contributed by atoms with Gasteiger partial charge in [-0.15, -0.1) is 0 Å². The van der Waals surface area contributed by atoms with Crippen LogP contribution >= 0.6 is 0 Å². The first-order chi connectivity index (χ1) is 13.9. The number of nitrogens with zero attached hydrogens (tertiary/aromatic N) is 2. The largest absolute Gasteiger partial charge is 0.489 e. The standard InChI is InChI=1S/C21H28N4O4S/c1-12(26)11-29-18-10-17-15(9-19(18)30(27,28)21(4,5)6)16(7-8-22-17)23-20-13(2)14(3)24-25-20/h7-10,12,26H,11H2,1-6H3,(H2,22,23,24,25)/t12-/m0/s1. The molecule has 0 aliphatic heterocycles. The van der Waals surface area contributed by atoms with Crippen LogP contribution in [0.25, 0.3) is 10.9 Å². The van der Waals surface area contributed by atoms with E-state index in [1.165, 1.54) is 0 Å². The van der Waals surface area contributed by atoms with Gasteiger partial charge in [0.2, 0.25) is 0 Å². The number of ether oxygens (including phenoxy) is 1. The van der Waals surface area contributed by atoms with Crippen molar-refractivity contribution in [3.8, 4) is 5.75 Å². The van der Waals surface area contributed by atoms with Crippen molar-refractivity contribution in [1.82, 2.24) is 15.2 Å². The van der Waals surface area contributed by atoms with E-state index in [9.17, 15) is 13.5 Å². The van der Waals surface area contributed by atoms with Gasteiger partial charge in [0, 0.05) is 23.2 Å². The summed E-state index contributed by atoms with van der Waals surface area (Å²) in [5.74, 6) is 0.909. The first-order valence-corrected chi connectivity index (χ1v) is 11.2. The highest BCUT2D eigenvalue weighted by molar-refractivity contribution is 7.92. The third kappa shape index (κ3) is 4.13. The number of sulfone groups is 1. The molecule has 0 bridgehead atoms. The Balaban J connectivity index is 2.21. The third-order valence-corrected chi connectivity index (χ3v) is 7.41. The minimum Gasteiger partial charge on any atom is -0.489 e. The van der Waals surface area contributed by atoms with E-state index in [1.54, 1.807) is 52.1 Å². The van der Waals surface area contributed by atoms with Gasteiger partial charge < -0.3 is 15.2 Å². The molecular weight excluding hydrogens is 404 g/mol. The third-order valence-electron chi connectivity index (χ3n) is 4.90. The molecule has 0 saturated carbocycles. The van der Waals surface area contributed by atoms with E-state index in [0.717, 1.165) is 17.1 Å². The van der Waals surface area contributed by atoms with Crippen molar-refractivity contribution >= 4 is 32.2 Å². The van der Waals surface area contributed by atoms with Crippen LogP contribution in [0, 0.1) is 13.8 Å². The zero-order valence-corrected chi connectivity index (χ0v) is 18.9. The monoisotopic (exact) mass is 432 g/mol. The van der Waals surface area contributed by atoms with Crippen molar-refractivity contribution in [3.63, 3.8) is 0 Å². The van der Waals surface area contributed by atoms with Crippen LogP contribution in [0.1, 0.15) is 39.0 Å². The molecule has 0 aliphatic rings. The summed E-state index contributed by atoms with van der Waals surface area (Å²) in [6.45, 7) is 10.3. The molecule has 1 aromatic carbocycles. The number of aliphatic hydroxyl groups excluding tert-OH is 1. The molecule has 2 heterocycles. The zero-order chi connectivity index (χ0) is 22.3. The molecule has 3 N–H and O–H groups in total. The van der Waals surface area contributed by atoms with E-state index >= 15 is 0 Å². The summed E-state index contributed by atoms with van der Waals surface area (Å²) in [5, 5.41) is 20.7. The minimum absolute atomic E-state index is 0.0251. The van der Waals surface area contributed by atoms with Gasteiger partial charge in [-0.1, -0.05) is 0 Å². The quantitative estimate of drug-likeness (QED) is 0.544. The number of aryl methyl sites for hydroxylation is 1. The van der Waals surface area contributed by atoms with Gasteiger partial charge in [0.15, 0.2) is 9.84 Å². The van der Waals surface area contributed by atoms with Crippen LogP contribution in [0.2, 0.25) is 0 Å².